The Balaban J connectivity index is 2.38. The third kappa shape index (κ3) is 7.09. The van der Waals surface area contributed by atoms with E-state index in [1.807, 2.05) is 20.8 Å². The summed E-state index contributed by atoms with van der Waals surface area (Å²) in [4.78, 5) is 33.7. The molecular weight excluding hydrogens is 276 g/mol. The predicted octanol–water partition coefficient (Wildman–Crippen LogP) is 0.459. The number of carbonyl (C=O) groups is 3. The number of amides is 2. The molecule has 21 heavy (non-hydrogen) atoms. The molecule has 0 saturated heterocycles. The van der Waals surface area contributed by atoms with E-state index in [4.69, 9.17) is 5.11 Å². The third-order valence-electron chi connectivity index (χ3n) is 2.34. The Morgan fingerprint density at radius 2 is 1.95 bits per heavy atom. The molecular formula is C13H20N4O4. The summed E-state index contributed by atoms with van der Waals surface area (Å²) < 4.78 is 1.19. The van der Waals surface area contributed by atoms with Gasteiger partial charge in [-0.3, -0.25) is 19.1 Å². The van der Waals surface area contributed by atoms with Crippen LogP contribution in [0.25, 0.3) is 0 Å². The maximum Gasteiger partial charge on any atom is 0.325 e. The molecule has 0 aliphatic rings. The minimum Gasteiger partial charge on any atom is -0.480 e. The van der Waals surface area contributed by atoms with Crippen LogP contribution in [0.2, 0.25) is 0 Å². The number of aliphatic carboxylic acids is 1. The number of rotatable bonds is 6. The fourth-order valence-electron chi connectivity index (χ4n) is 1.57. The number of carboxylic acids is 1. The Hall–Kier alpha value is -2.38. The molecule has 116 valence electrons. The van der Waals surface area contributed by atoms with Gasteiger partial charge in [0.1, 0.15) is 6.54 Å². The minimum atomic E-state index is -1.02. The maximum atomic E-state index is 11.6. The summed E-state index contributed by atoms with van der Waals surface area (Å²) in [5, 5.41) is 17.5. The Morgan fingerprint density at radius 3 is 2.52 bits per heavy atom. The number of nitrogens with one attached hydrogen (secondary N) is 2. The lowest BCUT2D eigenvalue weighted by Crippen LogP contribution is -2.34. The fraction of sp³-hybridized carbons (Fsp3) is 0.538. The zero-order valence-electron chi connectivity index (χ0n) is 12.3. The van der Waals surface area contributed by atoms with Crippen LogP contribution in [0.3, 0.4) is 0 Å². The summed E-state index contributed by atoms with van der Waals surface area (Å²) in [7, 11) is 0. The standard InChI is InChI=1S/C13H20N4O4/c1-13(2,3)6-10(18)14-7-11(19)15-9-4-5-17(16-9)8-12(20)21/h4-5H,6-8H2,1-3H3,(H,14,18)(H,20,21)(H,15,16,19). The first-order valence-corrected chi connectivity index (χ1v) is 6.47. The Kier molecular flexibility index (Phi) is 5.45. The minimum absolute atomic E-state index is 0.143. The van der Waals surface area contributed by atoms with E-state index in [1.54, 1.807) is 0 Å². The molecule has 0 atom stereocenters. The van der Waals surface area contributed by atoms with Crippen LogP contribution in [0.4, 0.5) is 5.82 Å². The van der Waals surface area contributed by atoms with Gasteiger partial charge in [0.25, 0.3) is 0 Å². The largest absolute Gasteiger partial charge is 0.480 e. The van der Waals surface area contributed by atoms with Gasteiger partial charge in [-0.1, -0.05) is 20.8 Å². The van der Waals surface area contributed by atoms with Crippen molar-refractivity contribution >= 4 is 23.6 Å². The SMILES string of the molecule is CC(C)(C)CC(=O)NCC(=O)Nc1ccn(CC(=O)O)n1. The van der Waals surface area contributed by atoms with E-state index in [-0.39, 0.29) is 30.2 Å². The molecule has 8 heteroatoms. The molecule has 0 radical (unpaired) electrons. The van der Waals surface area contributed by atoms with E-state index in [0.29, 0.717) is 6.42 Å². The summed E-state index contributed by atoms with van der Waals surface area (Å²) in [5.41, 5.74) is -0.143. The van der Waals surface area contributed by atoms with Crippen LogP contribution < -0.4 is 10.6 Å². The summed E-state index contributed by atoms with van der Waals surface area (Å²) in [5.74, 6) is -1.40. The highest BCUT2D eigenvalue weighted by Gasteiger charge is 2.16. The molecule has 8 nitrogen and oxygen atoms in total. The zero-order valence-corrected chi connectivity index (χ0v) is 12.3. The van der Waals surface area contributed by atoms with E-state index in [0.717, 1.165) is 0 Å². The smallest absolute Gasteiger partial charge is 0.325 e. The summed E-state index contributed by atoms with van der Waals surface area (Å²) >= 11 is 0. The van der Waals surface area contributed by atoms with E-state index < -0.39 is 11.9 Å². The van der Waals surface area contributed by atoms with Crippen molar-refractivity contribution in [2.24, 2.45) is 5.41 Å². The van der Waals surface area contributed by atoms with Crippen LogP contribution in [-0.4, -0.2) is 39.2 Å². The van der Waals surface area contributed by atoms with Crippen molar-refractivity contribution in [2.45, 2.75) is 33.7 Å². The summed E-state index contributed by atoms with van der Waals surface area (Å²) in [6.07, 6.45) is 1.77. The van der Waals surface area contributed by atoms with Crippen molar-refractivity contribution in [1.29, 1.82) is 0 Å². The van der Waals surface area contributed by atoms with Crippen LogP contribution in [0.1, 0.15) is 27.2 Å². The highest BCUT2D eigenvalue weighted by atomic mass is 16.4. The maximum absolute atomic E-state index is 11.6. The van der Waals surface area contributed by atoms with Crippen molar-refractivity contribution in [2.75, 3.05) is 11.9 Å². The first kappa shape index (κ1) is 16.7. The van der Waals surface area contributed by atoms with Gasteiger partial charge in [0.05, 0.1) is 6.54 Å². The van der Waals surface area contributed by atoms with Gasteiger partial charge < -0.3 is 15.7 Å². The molecule has 0 bridgehead atoms. The van der Waals surface area contributed by atoms with Crippen LogP contribution in [-0.2, 0) is 20.9 Å². The monoisotopic (exact) mass is 296 g/mol. The van der Waals surface area contributed by atoms with Crippen LogP contribution >= 0.6 is 0 Å². The third-order valence-corrected chi connectivity index (χ3v) is 2.34. The zero-order chi connectivity index (χ0) is 16.0. The Bertz CT molecular complexity index is 531. The molecule has 0 unspecified atom stereocenters. The Morgan fingerprint density at radius 1 is 1.29 bits per heavy atom. The topological polar surface area (TPSA) is 113 Å². The molecule has 3 N–H and O–H groups in total. The van der Waals surface area contributed by atoms with Crippen molar-refractivity contribution in [3.05, 3.63) is 12.3 Å². The average Bonchev–Trinajstić information content (AvgIpc) is 2.70. The molecule has 0 aliphatic heterocycles. The molecule has 0 spiro atoms. The van der Waals surface area contributed by atoms with Crippen molar-refractivity contribution in [3.63, 3.8) is 0 Å². The highest BCUT2D eigenvalue weighted by molar-refractivity contribution is 5.93. The second-order valence-electron chi connectivity index (χ2n) is 5.85. The van der Waals surface area contributed by atoms with Crippen LogP contribution in [0.5, 0.6) is 0 Å². The van der Waals surface area contributed by atoms with Crippen molar-refractivity contribution in [3.8, 4) is 0 Å². The number of carbonyl (C=O) groups excluding carboxylic acids is 2. The fourth-order valence-corrected chi connectivity index (χ4v) is 1.57. The van der Waals surface area contributed by atoms with Crippen molar-refractivity contribution < 1.29 is 19.5 Å². The molecule has 1 aromatic heterocycles. The number of aromatic nitrogens is 2. The predicted molar refractivity (Wildman–Crippen MR) is 75.6 cm³/mol. The lowest BCUT2D eigenvalue weighted by molar-refractivity contribution is -0.137. The lowest BCUT2D eigenvalue weighted by atomic mass is 9.92. The molecule has 0 saturated carbocycles. The average molecular weight is 296 g/mol. The van der Waals surface area contributed by atoms with Crippen LogP contribution in [0.15, 0.2) is 12.3 Å². The van der Waals surface area contributed by atoms with E-state index >= 15 is 0 Å². The van der Waals surface area contributed by atoms with Gasteiger partial charge in [-0.15, -0.1) is 0 Å². The molecule has 1 aromatic rings. The van der Waals surface area contributed by atoms with E-state index in [1.165, 1.54) is 16.9 Å². The second kappa shape index (κ2) is 6.87. The number of carboxylic acid groups (broad SMARTS) is 1. The molecule has 0 fully saturated rings. The van der Waals surface area contributed by atoms with Gasteiger partial charge in [-0.05, 0) is 5.41 Å². The molecule has 2 amide bonds. The first-order valence-electron chi connectivity index (χ1n) is 6.47. The number of nitrogens with zero attached hydrogens (tertiary/aromatic N) is 2. The van der Waals surface area contributed by atoms with E-state index in [2.05, 4.69) is 15.7 Å². The molecule has 1 heterocycles. The quantitative estimate of drug-likeness (QED) is 0.705. The molecule has 1 rings (SSSR count). The van der Waals surface area contributed by atoms with E-state index in [9.17, 15) is 14.4 Å². The Labute approximate surface area is 122 Å². The number of hydrogen-bond acceptors (Lipinski definition) is 4. The number of hydrogen-bond donors (Lipinski definition) is 3. The van der Waals surface area contributed by atoms with Gasteiger partial charge in [0, 0.05) is 18.7 Å². The van der Waals surface area contributed by atoms with Gasteiger partial charge in [0.2, 0.25) is 11.8 Å². The highest BCUT2D eigenvalue weighted by Crippen LogP contribution is 2.17. The van der Waals surface area contributed by atoms with Crippen molar-refractivity contribution in [1.82, 2.24) is 15.1 Å². The van der Waals surface area contributed by atoms with Gasteiger partial charge >= 0.3 is 5.97 Å². The number of anilines is 1. The van der Waals surface area contributed by atoms with Crippen LogP contribution in [0, 0.1) is 5.41 Å². The lowest BCUT2D eigenvalue weighted by Gasteiger charge is -2.16. The van der Waals surface area contributed by atoms with Gasteiger partial charge in [0.15, 0.2) is 5.82 Å². The second-order valence-corrected chi connectivity index (χ2v) is 5.85. The first-order chi connectivity index (χ1) is 9.65. The summed E-state index contributed by atoms with van der Waals surface area (Å²) in [6.45, 7) is 5.37. The molecule has 0 aromatic carbocycles. The molecule has 0 aliphatic carbocycles. The van der Waals surface area contributed by atoms with Gasteiger partial charge in [-0.2, -0.15) is 5.10 Å². The van der Waals surface area contributed by atoms with Gasteiger partial charge in [-0.25, -0.2) is 0 Å². The normalized spacial score (nSPS) is 11.0. The summed E-state index contributed by atoms with van der Waals surface area (Å²) in [6, 6.07) is 1.48.